The predicted octanol–water partition coefficient (Wildman–Crippen LogP) is 5.77. The number of nitrogens with zero attached hydrogens (tertiary/aromatic N) is 3. The number of fused-ring (bicyclic) bond motifs is 2. The van der Waals surface area contributed by atoms with Gasteiger partial charge in [-0.2, -0.15) is 0 Å². The van der Waals surface area contributed by atoms with Gasteiger partial charge in [0.05, 0.1) is 22.3 Å². The number of thiophene rings is 1. The van der Waals surface area contributed by atoms with Gasteiger partial charge in [0.2, 0.25) is 0 Å². The van der Waals surface area contributed by atoms with Gasteiger partial charge in [0.25, 0.3) is 5.91 Å². The average Bonchev–Trinajstić information content (AvgIpc) is 3.31. The Morgan fingerprint density at radius 3 is 2.63 bits per heavy atom. The molecule has 1 amide bonds. The second-order valence-electron chi connectivity index (χ2n) is 7.19. The van der Waals surface area contributed by atoms with E-state index < -0.39 is 0 Å². The van der Waals surface area contributed by atoms with Crippen molar-refractivity contribution in [2.75, 3.05) is 39.2 Å². The van der Waals surface area contributed by atoms with Crippen LogP contribution in [0.15, 0.2) is 42.5 Å². The van der Waals surface area contributed by atoms with Crippen LogP contribution >= 0.6 is 34.3 Å². The number of carbonyl (C=O) groups excluding carboxylic acids is 1. The highest BCUT2D eigenvalue weighted by atomic mass is 35.5. The van der Waals surface area contributed by atoms with Crippen LogP contribution in [0.3, 0.4) is 0 Å². The molecule has 4 rings (SSSR count). The van der Waals surface area contributed by atoms with Crippen molar-refractivity contribution in [3.05, 3.63) is 52.4 Å². The first-order chi connectivity index (χ1) is 14.5. The number of methoxy groups -OCH3 is 1. The largest absolute Gasteiger partial charge is 0.497 e. The normalized spacial score (nSPS) is 11.5. The molecule has 0 saturated carbocycles. The number of rotatable bonds is 7. The number of halogens is 1. The Hall–Kier alpha value is -2.19. The first kappa shape index (κ1) is 21.1. The molecule has 0 spiro atoms. The Morgan fingerprint density at radius 1 is 1.10 bits per heavy atom. The summed E-state index contributed by atoms with van der Waals surface area (Å²) >= 11 is 9.53. The Balaban J connectivity index is 1.73. The highest BCUT2D eigenvalue weighted by molar-refractivity contribution is 7.23. The second kappa shape index (κ2) is 8.89. The summed E-state index contributed by atoms with van der Waals surface area (Å²) in [5, 5.41) is 2.10. The standard InChI is InChI=1S/C22H22ClN3O2S2/c1-25(2)11-6-12-26(22-24-16-10-9-14(28-3)13-18(16)30-22)21(27)20-19(23)15-7-4-5-8-17(15)29-20/h4-5,7-10,13H,6,11-12H2,1-3H3. The average molecular weight is 460 g/mol. The molecule has 0 saturated heterocycles. The van der Waals surface area contributed by atoms with Gasteiger partial charge in [-0.1, -0.05) is 41.1 Å². The van der Waals surface area contributed by atoms with E-state index in [1.807, 2.05) is 56.6 Å². The van der Waals surface area contributed by atoms with E-state index >= 15 is 0 Å². The predicted molar refractivity (Wildman–Crippen MR) is 128 cm³/mol. The lowest BCUT2D eigenvalue weighted by atomic mass is 10.2. The van der Waals surface area contributed by atoms with Crippen molar-refractivity contribution in [3.8, 4) is 5.75 Å². The van der Waals surface area contributed by atoms with E-state index in [-0.39, 0.29) is 5.91 Å². The maximum Gasteiger partial charge on any atom is 0.271 e. The highest BCUT2D eigenvalue weighted by Gasteiger charge is 2.26. The molecule has 156 valence electrons. The summed E-state index contributed by atoms with van der Waals surface area (Å²) in [6.07, 6.45) is 0.834. The molecule has 0 atom stereocenters. The summed E-state index contributed by atoms with van der Waals surface area (Å²) in [5.41, 5.74) is 0.851. The van der Waals surface area contributed by atoms with Crippen LogP contribution in [0.25, 0.3) is 20.3 Å². The lowest BCUT2D eigenvalue weighted by Gasteiger charge is -2.20. The zero-order valence-corrected chi connectivity index (χ0v) is 19.4. The molecule has 2 aromatic carbocycles. The molecule has 0 fully saturated rings. The number of thiazole rings is 1. The van der Waals surface area contributed by atoms with E-state index in [1.54, 1.807) is 12.0 Å². The molecule has 8 heteroatoms. The maximum atomic E-state index is 13.6. The van der Waals surface area contributed by atoms with Crippen LogP contribution in [0.2, 0.25) is 5.02 Å². The zero-order chi connectivity index (χ0) is 21.3. The van der Waals surface area contributed by atoms with Gasteiger partial charge < -0.3 is 9.64 Å². The van der Waals surface area contributed by atoms with Crippen LogP contribution in [0.1, 0.15) is 16.1 Å². The fourth-order valence-electron chi connectivity index (χ4n) is 3.24. The molecule has 0 aliphatic heterocycles. The summed E-state index contributed by atoms with van der Waals surface area (Å²) in [6.45, 7) is 1.45. The van der Waals surface area contributed by atoms with Crippen molar-refractivity contribution in [2.24, 2.45) is 0 Å². The van der Waals surface area contributed by atoms with Crippen LogP contribution in [0.5, 0.6) is 5.75 Å². The minimum atomic E-state index is -0.106. The van der Waals surface area contributed by atoms with E-state index in [0.29, 0.717) is 21.6 Å². The first-order valence-electron chi connectivity index (χ1n) is 9.56. The van der Waals surface area contributed by atoms with E-state index in [0.717, 1.165) is 39.0 Å². The fraction of sp³-hybridized carbons (Fsp3) is 0.273. The third-order valence-electron chi connectivity index (χ3n) is 4.78. The van der Waals surface area contributed by atoms with Crippen molar-refractivity contribution in [3.63, 3.8) is 0 Å². The number of ether oxygens (including phenoxy) is 1. The zero-order valence-electron chi connectivity index (χ0n) is 17.0. The maximum absolute atomic E-state index is 13.6. The third kappa shape index (κ3) is 4.16. The molecule has 0 N–H and O–H groups in total. The number of aromatic nitrogens is 1. The molecule has 0 aliphatic carbocycles. The van der Waals surface area contributed by atoms with Crippen LogP contribution < -0.4 is 9.64 Å². The van der Waals surface area contributed by atoms with E-state index in [9.17, 15) is 4.79 Å². The monoisotopic (exact) mass is 459 g/mol. The number of carbonyl (C=O) groups is 1. The van der Waals surface area contributed by atoms with Crippen LogP contribution in [-0.4, -0.2) is 50.1 Å². The number of hydrogen-bond acceptors (Lipinski definition) is 6. The van der Waals surface area contributed by atoms with Crippen LogP contribution in [0, 0.1) is 0 Å². The summed E-state index contributed by atoms with van der Waals surface area (Å²) in [6, 6.07) is 13.6. The van der Waals surface area contributed by atoms with Gasteiger partial charge in [0.15, 0.2) is 5.13 Å². The van der Waals surface area contributed by atoms with Crippen molar-refractivity contribution < 1.29 is 9.53 Å². The summed E-state index contributed by atoms with van der Waals surface area (Å²) in [7, 11) is 5.70. The lowest BCUT2D eigenvalue weighted by molar-refractivity contribution is 0.0990. The topological polar surface area (TPSA) is 45.7 Å². The number of benzene rings is 2. The SMILES string of the molecule is COc1ccc2nc(N(CCCN(C)C)C(=O)c3sc4ccccc4c3Cl)sc2c1. The van der Waals surface area contributed by atoms with Gasteiger partial charge in [0.1, 0.15) is 10.6 Å². The van der Waals surface area contributed by atoms with Crippen LogP contribution in [0.4, 0.5) is 5.13 Å². The Bertz CT molecular complexity index is 1200. The molecule has 0 bridgehead atoms. The number of anilines is 1. The Morgan fingerprint density at radius 2 is 1.90 bits per heavy atom. The molecule has 2 heterocycles. The fourth-order valence-corrected chi connectivity index (χ4v) is 5.72. The van der Waals surface area contributed by atoms with Crippen molar-refractivity contribution in [1.82, 2.24) is 9.88 Å². The molecule has 5 nitrogen and oxygen atoms in total. The van der Waals surface area contributed by atoms with E-state index in [2.05, 4.69) is 4.90 Å². The molecular formula is C22H22ClN3O2S2. The highest BCUT2D eigenvalue weighted by Crippen LogP contribution is 2.38. The summed E-state index contributed by atoms with van der Waals surface area (Å²) in [4.78, 5) is 22.7. The Labute approximate surface area is 188 Å². The lowest BCUT2D eigenvalue weighted by Crippen LogP contribution is -2.33. The van der Waals surface area contributed by atoms with Gasteiger partial charge in [-0.05, 0) is 51.3 Å². The van der Waals surface area contributed by atoms with Gasteiger partial charge in [-0.25, -0.2) is 4.98 Å². The first-order valence-corrected chi connectivity index (χ1v) is 11.6. The minimum Gasteiger partial charge on any atom is -0.497 e. The van der Waals surface area contributed by atoms with Crippen LogP contribution in [-0.2, 0) is 0 Å². The van der Waals surface area contributed by atoms with Crippen molar-refractivity contribution in [1.29, 1.82) is 0 Å². The quantitative estimate of drug-likeness (QED) is 0.352. The molecule has 0 aliphatic rings. The van der Waals surface area contributed by atoms with E-state index in [1.165, 1.54) is 22.7 Å². The molecule has 0 radical (unpaired) electrons. The minimum absolute atomic E-state index is 0.106. The van der Waals surface area contributed by atoms with Crippen molar-refractivity contribution in [2.45, 2.75) is 6.42 Å². The van der Waals surface area contributed by atoms with Crippen molar-refractivity contribution >= 4 is 65.6 Å². The van der Waals surface area contributed by atoms with Gasteiger partial charge >= 0.3 is 0 Å². The van der Waals surface area contributed by atoms with Gasteiger partial charge in [0, 0.05) is 16.6 Å². The van der Waals surface area contributed by atoms with E-state index in [4.69, 9.17) is 21.3 Å². The molecule has 0 unspecified atom stereocenters. The van der Waals surface area contributed by atoms with Gasteiger partial charge in [-0.15, -0.1) is 11.3 Å². The number of hydrogen-bond donors (Lipinski definition) is 0. The smallest absolute Gasteiger partial charge is 0.271 e. The molecule has 2 aromatic heterocycles. The summed E-state index contributed by atoms with van der Waals surface area (Å²) < 4.78 is 7.32. The molecule has 4 aromatic rings. The Kier molecular flexibility index (Phi) is 6.24. The number of amides is 1. The third-order valence-corrected chi connectivity index (χ3v) is 7.48. The second-order valence-corrected chi connectivity index (χ2v) is 9.62. The van der Waals surface area contributed by atoms with Gasteiger partial charge in [-0.3, -0.25) is 9.69 Å². The molecule has 30 heavy (non-hydrogen) atoms. The summed E-state index contributed by atoms with van der Waals surface area (Å²) in [5.74, 6) is 0.668. The molecular weight excluding hydrogens is 438 g/mol.